The SMILES string of the molecule is CCNC(COC1CCCC(OC)C1)C(C)C. The molecule has 0 aromatic carbocycles. The van der Waals surface area contributed by atoms with Gasteiger partial charge in [0.1, 0.15) is 0 Å². The van der Waals surface area contributed by atoms with Crippen molar-refractivity contribution in [3.8, 4) is 0 Å². The predicted octanol–water partition coefficient (Wildman–Crippen LogP) is 2.59. The third-order valence-corrected chi connectivity index (χ3v) is 3.69. The van der Waals surface area contributed by atoms with Gasteiger partial charge in [-0.2, -0.15) is 0 Å². The van der Waals surface area contributed by atoms with Crippen LogP contribution in [0.1, 0.15) is 46.5 Å². The largest absolute Gasteiger partial charge is 0.381 e. The first-order chi connectivity index (χ1) is 8.17. The Kier molecular flexibility index (Phi) is 7.09. The van der Waals surface area contributed by atoms with Crippen molar-refractivity contribution >= 4 is 0 Å². The fraction of sp³-hybridized carbons (Fsp3) is 1.00. The van der Waals surface area contributed by atoms with Crippen molar-refractivity contribution < 1.29 is 9.47 Å². The van der Waals surface area contributed by atoms with Gasteiger partial charge in [-0.15, -0.1) is 0 Å². The molecule has 0 heterocycles. The molecule has 0 saturated heterocycles. The van der Waals surface area contributed by atoms with Crippen molar-refractivity contribution in [2.75, 3.05) is 20.3 Å². The lowest BCUT2D eigenvalue weighted by atomic mass is 9.94. The van der Waals surface area contributed by atoms with Crippen LogP contribution in [0.2, 0.25) is 0 Å². The molecule has 1 aliphatic carbocycles. The molecule has 1 saturated carbocycles. The lowest BCUT2D eigenvalue weighted by Gasteiger charge is -2.30. The van der Waals surface area contributed by atoms with Gasteiger partial charge in [-0.1, -0.05) is 20.8 Å². The van der Waals surface area contributed by atoms with Crippen LogP contribution in [-0.4, -0.2) is 38.5 Å². The average Bonchev–Trinajstić information content (AvgIpc) is 2.34. The van der Waals surface area contributed by atoms with E-state index in [0.717, 1.165) is 19.6 Å². The number of rotatable bonds is 7. The molecule has 3 unspecified atom stereocenters. The van der Waals surface area contributed by atoms with E-state index in [1.54, 1.807) is 0 Å². The van der Waals surface area contributed by atoms with Crippen molar-refractivity contribution in [2.45, 2.75) is 64.7 Å². The highest BCUT2D eigenvalue weighted by Gasteiger charge is 2.23. The molecule has 0 aromatic rings. The Hall–Kier alpha value is -0.120. The second-order valence-electron chi connectivity index (χ2n) is 5.39. The maximum absolute atomic E-state index is 6.05. The standard InChI is InChI=1S/C14H29NO2/c1-5-15-14(11(2)3)10-17-13-8-6-7-12(9-13)16-4/h11-15H,5-10H2,1-4H3. The van der Waals surface area contributed by atoms with E-state index in [4.69, 9.17) is 9.47 Å². The summed E-state index contributed by atoms with van der Waals surface area (Å²) in [6, 6.07) is 0.475. The summed E-state index contributed by atoms with van der Waals surface area (Å²) in [5.41, 5.74) is 0. The van der Waals surface area contributed by atoms with E-state index < -0.39 is 0 Å². The van der Waals surface area contributed by atoms with Gasteiger partial charge in [-0.05, 0) is 38.1 Å². The van der Waals surface area contributed by atoms with Crippen LogP contribution in [0.15, 0.2) is 0 Å². The predicted molar refractivity (Wildman–Crippen MR) is 71.3 cm³/mol. The summed E-state index contributed by atoms with van der Waals surface area (Å²) in [5.74, 6) is 0.622. The van der Waals surface area contributed by atoms with E-state index in [-0.39, 0.29) is 0 Å². The molecule has 0 amide bonds. The van der Waals surface area contributed by atoms with E-state index in [1.165, 1.54) is 19.3 Å². The van der Waals surface area contributed by atoms with Gasteiger partial charge in [0.05, 0.1) is 18.8 Å². The Bertz CT molecular complexity index is 197. The zero-order chi connectivity index (χ0) is 12.7. The minimum absolute atomic E-state index is 0.397. The number of ether oxygens (including phenoxy) is 2. The number of hydrogen-bond donors (Lipinski definition) is 1. The monoisotopic (exact) mass is 243 g/mol. The van der Waals surface area contributed by atoms with Gasteiger partial charge in [0.15, 0.2) is 0 Å². The lowest BCUT2D eigenvalue weighted by molar-refractivity contribution is -0.0384. The molecular formula is C14H29NO2. The molecule has 1 rings (SSSR count). The smallest absolute Gasteiger partial charge is 0.0625 e. The number of nitrogens with one attached hydrogen (secondary N) is 1. The molecular weight excluding hydrogens is 214 g/mol. The first kappa shape index (κ1) is 14.9. The molecule has 0 aromatic heterocycles. The van der Waals surface area contributed by atoms with Gasteiger partial charge in [0.2, 0.25) is 0 Å². The highest BCUT2D eigenvalue weighted by molar-refractivity contribution is 4.76. The van der Waals surface area contributed by atoms with Gasteiger partial charge in [-0.25, -0.2) is 0 Å². The summed E-state index contributed by atoms with van der Waals surface area (Å²) >= 11 is 0. The minimum atomic E-state index is 0.397. The zero-order valence-electron chi connectivity index (χ0n) is 11.9. The van der Waals surface area contributed by atoms with Crippen LogP contribution >= 0.6 is 0 Å². The van der Waals surface area contributed by atoms with Crippen LogP contribution in [0.4, 0.5) is 0 Å². The Labute approximate surface area is 106 Å². The number of likely N-dealkylation sites (N-methyl/N-ethyl adjacent to an activating group) is 1. The van der Waals surface area contributed by atoms with E-state index >= 15 is 0 Å². The van der Waals surface area contributed by atoms with E-state index in [2.05, 4.69) is 26.1 Å². The van der Waals surface area contributed by atoms with Crippen LogP contribution in [0.3, 0.4) is 0 Å². The molecule has 0 aliphatic heterocycles. The molecule has 102 valence electrons. The Balaban J connectivity index is 2.27. The van der Waals surface area contributed by atoms with Crippen LogP contribution in [0, 0.1) is 5.92 Å². The molecule has 0 radical (unpaired) electrons. The number of hydrogen-bond acceptors (Lipinski definition) is 3. The molecule has 1 aliphatic rings. The molecule has 17 heavy (non-hydrogen) atoms. The van der Waals surface area contributed by atoms with Gasteiger partial charge >= 0.3 is 0 Å². The second-order valence-corrected chi connectivity index (χ2v) is 5.39. The fourth-order valence-electron chi connectivity index (χ4n) is 2.46. The maximum Gasteiger partial charge on any atom is 0.0625 e. The average molecular weight is 243 g/mol. The summed E-state index contributed by atoms with van der Waals surface area (Å²) in [7, 11) is 1.81. The van der Waals surface area contributed by atoms with Crippen molar-refractivity contribution in [1.82, 2.24) is 5.32 Å². The minimum Gasteiger partial charge on any atom is -0.381 e. The molecule has 3 heteroatoms. The molecule has 0 bridgehead atoms. The number of methoxy groups -OCH3 is 1. The third kappa shape index (κ3) is 5.36. The topological polar surface area (TPSA) is 30.5 Å². The molecule has 0 spiro atoms. The Morgan fingerprint density at radius 2 is 1.94 bits per heavy atom. The summed E-state index contributed by atoms with van der Waals surface area (Å²) in [4.78, 5) is 0. The van der Waals surface area contributed by atoms with Gasteiger partial charge < -0.3 is 14.8 Å². The van der Waals surface area contributed by atoms with Crippen LogP contribution in [0.5, 0.6) is 0 Å². The summed E-state index contributed by atoms with van der Waals surface area (Å²) in [6.45, 7) is 8.48. The quantitative estimate of drug-likeness (QED) is 0.745. The van der Waals surface area contributed by atoms with Crippen molar-refractivity contribution in [2.24, 2.45) is 5.92 Å². The summed E-state index contributed by atoms with van der Waals surface area (Å²) in [5, 5.41) is 3.49. The van der Waals surface area contributed by atoms with Crippen LogP contribution in [0.25, 0.3) is 0 Å². The van der Waals surface area contributed by atoms with E-state index in [1.807, 2.05) is 7.11 Å². The lowest BCUT2D eigenvalue weighted by Crippen LogP contribution is -2.40. The van der Waals surface area contributed by atoms with Crippen LogP contribution in [-0.2, 0) is 9.47 Å². The van der Waals surface area contributed by atoms with Gasteiger partial charge in [0.25, 0.3) is 0 Å². The van der Waals surface area contributed by atoms with Crippen LogP contribution < -0.4 is 5.32 Å². The van der Waals surface area contributed by atoms with E-state index in [9.17, 15) is 0 Å². The first-order valence-corrected chi connectivity index (χ1v) is 7.05. The molecule has 3 nitrogen and oxygen atoms in total. The highest BCUT2D eigenvalue weighted by Crippen LogP contribution is 2.23. The van der Waals surface area contributed by atoms with Gasteiger partial charge in [-0.3, -0.25) is 0 Å². The van der Waals surface area contributed by atoms with Crippen molar-refractivity contribution in [3.05, 3.63) is 0 Å². The van der Waals surface area contributed by atoms with Crippen molar-refractivity contribution in [1.29, 1.82) is 0 Å². The van der Waals surface area contributed by atoms with Crippen molar-refractivity contribution in [3.63, 3.8) is 0 Å². The normalized spacial score (nSPS) is 27.4. The highest BCUT2D eigenvalue weighted by atomic mass is 16.5. The molecule has 1 N–H and O–H groups in total. The van der Waals surface area contributed by atoms with Gasteiger partial charge in [0, 0.05) is 13.2 Å². The maximum atomic E-state index is 6.05. The fourth-order valence-corrected chi connectivity index (χ4v) is 2.46. The third-order valence-electron chi connectivity index (χ3n) is 3.69. The summed E-state index contributed by atoms with van der Waals surface area (Å²) in [6.07, 6.45) is 5.48. The summed E-state index contributed by atoms with van der Waals surface area (Å²) < 4.78 is 11.5. The first-order valence-electron chi connectivity index (χ1n) is 7.05. The van der Waals surface area contributed by atoms with E-state index in [0.29, 0.717) is 24.2 Å². The molecule has 3 atom stereocenters. The molecule has 1 fully saturated rings. The second kappa shape index (κ2) is 8.06. The Morgan fingerprint density at radius 3 is 2.53 bits per heavy atom. The Morgan fingerprint density at radius 1 is 1.24 bits per heavy atom. The zero-order valence-corrected chi connectivity index (χ0v) is 11.9.